The third-order valence-corrected chi connectivity index (χ3v) is 4.10. The first-order valence-electron chi connectivity index (χ1n) is 6.70. The summed E-state index contributed by atoms with van der Waals surface area (Å²) in [5.41, 5.74) is -0.494. The smallest absolute Gasteiger partial charge is 0.309 e. The average Bonchev–Trinajstić information content (AvgIpc) is 2.32. The molecule has 1 aliphatic rings. The maximum absolute atomic E-state index is 11.1. The molecule has 4 heteroatoms. The van der Waals surface area contributed by atoms with Crippen LogP contribution in [-0.4, -0.2) is 60.1 Å². The number of carboxylic acid groups (broad SMARTS) is 1. The van der Waals surface area contributed by atoms with Crippen molar-refractivity contribution in [1.29, 1.82) is 0 Å². The summed E-state index contributed by atoms with van der Waals surface area (Å²) in [5.74, 6) is -0.638. The van der Waals surface area contributed by atoms with E-state index in [0.717, 1.165) is 52.1 Å². The van der Waals surface area contributed by atoms with Gasteiger partial charge in [-0.05, 0) is 45.9 Å². The van der Waals surface area contributed by atoms with Crippen LogP contribution in [0.2, 0.25) is 0 Å². The molecule has 1 aliphatic heterocycles. The maximum atomic E-state index is 11.1. The van der Waals surface area contributed by atoms with Crippen LogP contribution in [0.15, 0.2) is 0 Å². The molecule has 0 spiro atoms. The van der Waals surface area contributed by atoms with Gasteiger partial charge in [-0.1, -0.05) is 13.8 Å². The quantitative estimate of drug-likeness (QED) is 0.767. The van der Waals surface area contributed by atoms with E-state index >= 15 is 0 Å². The Balaban J connectivity index is 2.30. The fraction of sp³-hybridized carbons (Fsp3) is 0.923. The lowest BCUT2D eigenvalue weighted by atomic mass is 9.80. The van der Waals surface area contributed by atoms with Crippen LogP contribution in [0.4, 0.5) is 0 Å². The van der Waals surface area contributed by atoms with E-state index in [0.29, 0.717) is 0 Å². The summed E-state index contributed by atoms with van der Waals surface area (Å²) in [7, 11) is 0. The molecule has 17 heavy (non-hydrogen) atoms. The number of aliphatic carboxylic acids is 1. The highest BCUT2D eigenvalue weighted by molar-refractivity contribution is 5.74. The molecule has 1 saturated heterocycles. The van der Waals surface area contributed by atoms with Gasteiger partial charge in [-0.15, -0.1) is 0 Å². The molecule has 1 N–H and O–H groups in total. The number of hydrogen-bond donors (Lipinski definition) is 1. The first kappa shape index (κ1) is 14.5. The number of piperidine rings is 1. The van der Waals surface area contributed by atoms with Gasteiger partial charge in [0, 0.05) is 13.1 Å². The second-order valence-corrected chi connectivity index (χ2v) is 5.23. The topological polar surface area (TPSA) is 43.8 Å². The van der Waals surface area contributed by atoms with Crippen LogP contribution in [0.1, 0.15) is 33.6 Å². The minimum Gasteiger partial charge on any atom is -0.481 e. The summed E-state index contributed by atoms with van der Waals surface area (Å²) >= 11 is 0. The zero-order valence-electron chi connectivity index (χ0n) is 11.4. The molecule has 0 aromatic heterocycles. The molecule has 1 rings (SSSR count). The van der Waals surface area contributed by atoms with Crippen molar-refractivity contribution in [3.63, 3.8) is 0 Å². The predicted molar refractivity (Wildman–Crippen MR) is 69.2 cm³/mol. The second kappa shape index (κ2) is 6.36. The number of carbonyl (C=O) groups is 1. The van der Waals surface area contributed by atoms with Gasteiger partial charge in [0.15, 0.2) is 0 Å². The van der Waals surface area contributed by atoms with Crippen molar-refractivity contribution in [3.8, 4) is 0 Å². The van der Waals surface area contributed by atoms with Crippen LogP contribution in [0.5, 0.6) is 0 Å². The van der Waals surface area contributed by atoms with Gasteiger partial charge in [0.1, 0.15) is 0 Å². The van der Waals surface area contributed by atoms with Gasteiger partial charge in [0.2, 0.25) is 0 Å². The second-order valence-electron chi connectivity index (χ2n) is 5.23. The van der Waals surface area contributed by atoms with E-state index in [1.54, 1.807) is 0 Å². The van der Waals surface area contributed by atoms with Gasteiger partial charge in [0.25, 0.3) is 0 Å². The predicted octanol–water partition coefficient (Wildman–Crippen LogP) is 1.51. The number of rotatable bonds is 6. The fourth-order valence-corrected chi connectivity index (χ4v) is 2.31. The molecule has 0 aliphatic carbocycles. The van der Waals surface area contributed by atoms with Crippen LogP contribution in [0.25, 0.3) is 0 Å². The van der Waals surface area contributed by atoms with Gasteiger partial charge in [-0.2, -0.15) is 0 Å². The van der Waals surface area contributed by atoms with Gasteiger partial charge in [-0.3, -0.25) is 4.79 Å². The molecule has 1 heterocycles. The number of nitrogens with zero attached hydrogens (tertiary/aromatic N) is 2. The number of likely N-dealkylation sites (N-methyl/N-ethyl adjacent to an activating group) is 1. The Morgan fingerprint density at radius 1 is 1.29 bits per heavy atom. The maximum Gasteiger partial charge on any atom is 0.309 e. The fourth-order valence-electron chi connectivity index (χ4n) is 2.31. The van der Waals surface area contributed by atoms with Crippen molar-refractivity contribution >= 4 is 5.97 Å². The third kappa shape index (κ3) is 3.96. The van der Waals surface area contributed by atoms with Gasteiger partial charge in [-0.25, -0.2) is 0 Å². The lowest BCUT2D eigenvalue weighted by Crippen LogP contribution is -2.45. The van der Waals surface area contributed by atoms with E-state index in [4.69, 9.17) is 5.11 Å². The van der Waals surface area contributed by atoms with Crippen LogP contribution in [0.3, 0.4) is 0 Å². The summed E-state index contributed by atoms with van der Waals surface area (Å²) in [6.07, 6.45) is 1.56. The molecule has 0 saturated carbocycles. The molecule has 0 bridgehead atoms. The average molecular weight is 242 g/mol. The molecule has 100 valence electrons. The van der Waals surface area contributed by atoms with E-state index < -0.39 is 11.4 Å². The van der Waals surface area contributed by atoms with Crippen molar-refractivity contribution < 1.29 is 9.90 Å². The summed E-state index contributed by atoms with van der Waals surface area (Å²) in [5, 5.41) is 9.15. The Bertz CT molecular complexity index is 244. The van der Waals surface area contributed by atoms with Crippen LogP contribution in [0, 0.1) is 5.41 Å². The molecular weight excluding hydrogens is 216 g/mol. The van der Waals surface area contributed by atoms with Gasteiger partial charge < -0.3 is 14.9 Å². The van der Waals surface area contributed by atoms with E-state index in [-0.39, 0.29) is 0 Å². The third-order valence-electron chi connectivity index (χ3n) is 4.10. The Hall–Kier alpha value is -0.610. The molecule has 0 atom stereocenters. The lowest BCUT2D eigenvalue weighted by Gasteiger charge is -2.37. The zero-order chi connectivity index (χ0) is 12.9. The van der Waals surface area contributed by atoms with Crippen LogP contribution in [-0.2, 0) is 4.79 Å². The molecule has 0 radical (unpaired) electrons. The SMILES string of the molecule is CCN(CC)CCN1CCC(C)(C(=O)O)CC1. The largest absolute Gasteiger partial charge is 0.481 e. The normalized spacial score (nSPS) is 20.7. The standard InChI is InChI=1S/C13H26N2O2/c1-4-14(5-2)10-11-15-8-6-13(3,7-9-15)12(16)17/h4-11H2,1-3H3,(H,16,17). The molecular formula is C13H26N2O2. The molecule has 0 unspecified atom stereocenters. The van der Waals surface area contributed by atoms with Gasteiger partial charge in [0.05, 0.1) is 5.41 Å². The minimum absolute atomic E-state index is 0.494. The van der Waals surface area contributed by atoms with Crippen molar-refractivity contribution in [2.45, 2.75) is 33.6 Å². The zero-order valence-corrected chi connectivity index (χ0v) is 11.4. The first-order valence-corrected chi connectivity index (χ1v) is 6.70. The lowest BCUT2D eigenvalue weighted by molar-refractivity contribution is -0.150. The highest BCUT2D eigenvalue weighted by atomic mass is 16.4. The highest BCUT2D eigenvalue weighted by Gasteiger charge is 2.36. The molecule has 0 aromatic carbocycles. The van der Waals surface area contributed by atoms with E-state index in [2.05, 4.69) is 23.6 Å². The molecule has 0 amide bonds. The van der Waals surface area contributed by atoms with E-state index in [9.17, 15) is 4.79 Å². The summed E-state index contributed by atoms with van der Waals surface area (Å²) in [6, 6.07) is 0. The number of carboxylic acids is 1. The van der Waals surface area contributed by atoms with Crippen molar-refractivity contribution in [1.82, 2.24) is 9.80 Å². The van der Waals surface area contributed by atoms with Crippen molar-refractivity contribution in [2.24, 2.45) is 5.41 Å². The summed E-state index contributed by atoms with van der Waals surface area (Å²) in [6.45, 7) is 12.4. The number of likely N-dealkylation sites (tertiary alicyclic amines) is 1. The Morgan fingerprint density at radius 3 is 2.24 bits per heavy atom. The minimum atomic E-state index is -0.638. The van der Waals surface area contributed by atoms with Gasteiger partial charge >= 0.3 is 5.97 Å². The Morgan fingerprint density at radius 2 is 1.82 bits per heavy atom. The van der Waals surface area contributed by atoms with Crippen molar-refractivity contribution in [2.75, 3.05) is 39.3 Å². The monoisotopic (exact) mass is 242 g/mol. The van der Waals surface area contributed by atoms with Crippen molar-refractivity contribution in [3.05, 3.63) is 0 Å². The van der Waals surface area contributed by atoms with Crippen LogP contribution < -0.4 is 0 Å². The van der Waals surface area contributed by atoms with E-state index in [1.807, 2.05) is 6.92 Å². The van der Waals surface area contributed by atoms with E-state index in [1.165, 1.54) is 0 Å². The highest BCUT2D eigenvalue weighted by Crippen LogP contribution is 2.30. The molecule has 4 nitrogen and oxygen atoms in total. The first-order chi connectivity index (χ1) is 8.01. The summed E-state index contributed by atoms with van der Waals surface area (Å²) in [4.78, 5) is 15.9. The molecule has 0 aromatic rings. The molecule has 1 fully saturated rings. The summed E-state index contributed by atoms with van der Waals surface area (Å²) < 4.78 is 0. The Labute approximate surface area is 105 Å². The number of hydrogen-bond acceptors (Lipinski definition) is 3. The van der Waals surface area contributed by atoms with Crippen LogP contribution >= 0.6 is 0 Å². The Kier molecular flexibility index (Phi) is 5.40.